The van der Waals surface area contributed by atoms with Gasteiger partial charge in [-0.1, -0.05) is 44.9 Å². The standard InChI is InChI=1S/C27H42O4/c1-7-25(4)16-11-20-19(17-25)9-10-21-26(5,13-8-14-27(20,21)6)18-31-22(28)12-15-24(2,3)23(29)30/h7,11,19,21H,1,8-10,12-18H2,2-6H3,(H,29,30)/t19-,21+,25-,26-,27-/m0/s1. The monoisotopic (exact) mass is 430 g/mol. The van der Waals surface area contributed by atoms with Gasteiger partial charge in [0.2, 0.25) is 0 Å². The van der Waals surface area contributed by atoms with E-state index in [1.54, 1.807) is 19.4 Å². The van der Waals surface area contributed by atoms with Gasteiger partial charge in [-0.15, -0.1) is 6.58 Å². The molecule has 3 aliphatic rings. The van der Waals surface area contributed by atoms with E-state index in [4.69, 9.17) is 4.74 Å². The fourth-order valence-electron chi connectivity index (χ4n) is 6.76. The molecule has 3 aliphatic carbocycles. The summed E-state index contributed by atoms with van der Waals surface area (Å²) in [6.07, 6.45) is 13.3. The maximum absolute atomic E-state index is 12.4. The highest BCUT2D eigenvalue weighted by Gasteiger charge is 2.55. The lowest BCUT2D eigenvalue weighted by molar-refractivity contribution is -0.154. The average Bonchev–Trinajstić information content (AvgIpc) is 2.70. The summed E-state index contributed by atoms with van der Waals surface area (Å²) in [7, 11) is 0. The molecule has 0 saturated heterocycles. The molecule has 0 amide bonds. The fourth-order valence-corrected chi connectivity index (χ4v) is 6.76. The average molecular weight is 431 g/mol. The van der Waals surface area contributed by atoms with Crippen molar-refractivity contribution >= 4 is 11.9 Å². The first kappa shape index (κ1) is 24.1. The Labute approximate surface area is 188 Å². The summed E-state index contributed by atoms with van der Waals surface area (Å²) >= 11 is 0. The number of ether oxygens (including phenoxy) is 1. The third-order valence-electron chi connectivity index (χ3n) is 9.05. The summed E-state index contributed by atoms with van der Waals surface area (Å²) < 4.78 is 5.78. The van der Waals surface area contributed by atoms with Crippen LogP contribution in [-0.2, 0) is 14.3 Å². The molecule has 0 aliphatic heterocycles. The predicted molar refractivity (Wildman–Crippen MR) is 124 cm³/mol. The van der Waals surface area contributed by atoms with E-state index in [2.05, 4.69) is 39.5 Å². The Bertz CT molecular complexity index is 765. The van der Waals surface area contributed by atoms with E-state index in [1.807, 2.05) is 0 Å². The summed E-state index contributed by atoms with van der Waals surface area (Å²) in [4.78, 5) is 23.7. The van der Waals surface area contributed by atoms with Crippen LogP contribution in [-0.4, -0.2) is 23.7 Å². The number of carbonyl (C=O) groups is 2. The number of carboxylic acids is 1. The SMILES string of the molecule is C=C[C@@]1(C)CC=C2[C@@H](CC[C@@H]3[C@](C)(COC(=O)CCC(C)(C)C(=O)O)CCC[C@@]23C)C1. The largest absolute Gasteiger partial charge is 0.481 e. The normalized spacial score (nSPS) is 37.8. The molecule has 0 aromatic heterocycles. The van der Waals surface area contributed by atoms with Crippen LogP contribution in [0.2, 0.25) is 0 Å². The van der Waals surface area contributed by atoms with Crippen molar-refractivity contribution in [1.29, 1.82) is 0 Å². The van der Waals surface area contributed by atoms with Gasteiger partial charge in [-0.25, -0.2) is 0 Å². The zero-order valence-electron chi connectivity index (χ0n) is 20.3. The fraction of sp³-hybridized carbons (Fsp3) is 0.778. The van der Waals surface area contributed by atoms with E-state index < -0.39 is 11.4 Å². The molecule has 4 heteroatoms. The molecule has 5 atom stereocenters. The van der Waals surface area contributed by atoms with E-state index in [1.165, 1.54) is 25.7 Å². The first-order valence-corrected chi connectivity index (χ1v) is 12.1. The number of esters is 1. The first-order chi connectivity index (χ1) is 14.4. The van der Waals surface area contributed by atoms with Crippen molar-refractivity contribution in [3.63, 3.8) is 0 Å². The van der Waals surface area contributed by atoms with Crippen molar-refractivity contribution in [1.82, 2.24) is 0 Å². The Morgan fingerprint density at radius 3 is 2.61 bits per heavy atom. The van der Waals surface area contributed by atoms with Gasteiger partial charge < -0.3 is 9.84 Å². The zero-order valence-corrected chi connectivity index (χ0v) is 20.3. The number of hydrogen-bond acceptors (Lipinski definition) is 3. The number of aliphatic carboxylic acids is 1. The summed E-state index contributed by atoms with van der Waals surface area (Å²) in [5.41, 5.74) is 1.14. The van der Waals surface area contributed by atoms with Gasteiger partial charge in [0.15, 0.2) is 0 Å². The van der Waals surface area contributed by atoms with Crippen molar-refractivity contribution < 1.29 is 19.4 Å². The Morgan fingerprint density at radius 1 is 1.26 bits per heavy atom. The number of hydrogen-bond donors (Lipinski definition) is 1. The predicted octanol–water partition coefficient (Wildman–Crippen LogP) is 6.56. The molecule has 2 fully saturated rings. The lowest BCUT2D eigenvalue weighted by Crippen LogP contribution is -2.51. The maximum Gasteiger partial charge on any atom is 0.309 e. The molecule has 31 heavy (non-hydrogen) atoms. The minimum Gasteiger partial charge on any atom is -0.481 e. The third kappa shape index (κ3) is 4.64. The molecule has 174 valence electrons. The molecule has 0 spiro atoms. The molecular weight excluding hydrogens is 388 g/mol. The van der Waals surface area contributed by atoms with Crippen LogP contribution in [0.25, 0.3) is 0 Å². The second kappa shape index (κ2) is 8.41. The van der Waals surface area contributed by atoms with Gasteiger partial charge in [-0.05, 0) is 81.5 Å². The van der Waals surface area contributed by atoms with E-state index in [0.29, 0.717) is 24.9 Å². The molecule has 0 bridgehead atoms. The first-order valence-electron chi connectivity index (χ1n) is 12.1. The van der Waals surface area contributed by atoms with Crippen LogP contribution in [0.5, 0.6) is 0 Å². The Balaban J connectivity index is 1.69. The Kier molecular flexibility index (Phi) is 6.53. The highest BCUT2D eigenvalue weighted by atomic mass is 16.5. The van der Waals surface area contributed by atoms with Crippen LogP contribution in [0.3, 0.4) is 0 Å². The molecule has 3 rings (SSSR count). The van der Waals surface area contributed by atoms with Crippen LogP contribution >= 0.6 is 0 Å². The van der Waals surface area contributed by atoms with Crippen molar-refractivity contribution in [2.45, 2.75) is 92.4 Å². The Morgan fingerprint density at radius 2 is 1.97 bits per heavy atom. The van der Waals surface area contributed by atoms with E-state index >= 15 is 0 Å². The van der Waals surface area contributed by atoms with Crippen LogP contribution in [0.1, 0.15) is 92.4 Å². The number of rotatable bonds is 7. The second-order valence-corrected chi connectivity index (χ2v) is 12.0. The third-order valence-corrected chi connectivity index (χ3v) is 9.05. The van der Waals surface area contributed by atoms with Gasteiger partial charge in [-0.3, -0.25) is 9.59 Å². The van der Waals surface area contributed by atoms with Crippen molar-refractivity contribution in [2.24, 2.45) is 33.5 Å². The molecular formula is C27H42O4. The van der Waals surface area contributed by atoms with Crippen molar-refractivity contribution in [2.75, 3.05) is 6.61 Å². The molecule has 1 N–H and O–H groups in total. The number of allylic oxidation sites excluding steroid dienone is 3. The summed E-state index contributed by atoms with van der Waals surface area (Å²) in [5.74, 6) is 0.0317. The summed E-state index contributed by atoms with van der Waals surface area (Å²) in [6.45, 7) is 14.9. The van der Waals surface area contributed by atoms with Crippen LogP contribution in [0.15, 0.2) is 24.3 Å². The van der Waals surface area contributed by atoms with E-state index in [-0.39, 0.29) is 28.6 Å². The lowest BCUT2D eigenvalue weighted by atomic mass is 9.46. The van der Waals surface area contributed by atoms with E-state index in [9.17, 15) is 14.7 Å². The highest BCUT2D eigenvalue weighted by molar-refractivity contribution is 5.75. The molecule has 0 unspecified atom stereocenters. The number of carbonyl (C=O) groups excluding carboxylic acids is 1. The van der Waals surface area contributed by atoms with Gasteiger partial charge in [0.1, 0.15) is 0 Å². The Hall–Kier alpha value is -1.58. The smallest absolute Gasteiger partial charge is 0.309 e. The van der Waals surface area contributed by atoms with Crippen molar-refractivity contribution in [3.05, 3.63) is 24.3 Å². The number of fused-ring (bicyclic) bond motifs is 3. The zero-order chi connectivity index (χ0) is 23.1. The van der Waals surface area contributed by atoms with Gasteiger partial charge in [-0.2, -0.15) is 0 Å². The quantitative estimate of drug-likeness (QED) is 0.367. The molecule has 0 aromatic carbocycles. The van der Waals surface area contributed by atoms with Gasteiger partial charge in [0, 0.05) is 11.8 Å². The lowest BCUT2D eigenvalue weighted by Gasteiger charge is -2.59. The minimum atomic E-state index is -0.905. The van der Waals surface area contributed by atoms with Crippen molar-refractivity contribution in [3.8, 4) is 0 Å². The molecule has 0 radical (unpaired) electrons. The topological polar surface area (TPSA) is 63.6 Å². The van der Waals surface area contributed by atoms with Crippen LogP contribution < -0.4 is 0 Å². The van der Waals surface area contributed by atoms with Gasteiger partial charge >= 0.3 is 11.9 Å². The van der Waals surface area contributed by atoms with Crippen LogP contribution in [0, 0.1) is 33.5 Å². The molecule has 2 saturated carbocycles. The van der Waals surface area contributed by atoms with E-state index in [0.717, 1.165) is 19.3 Å². The molecule has 0 aromatic rings. The molecule has 4 nitrogen and oxygen atoms in total. The minimum absolute atomic E-state index is 0.0179. The highest BCUT2D eigenvalue weighted by Crippen LogP contribution is 2.63. The maximum atomic E-state index is 12.4. The van der Waals surface area contributed by atoms with Gasteiger partial charge in [0.25, 0.3) is 0 Å². The van der Waals surface area contributed by atoms with Crippen LogP contribution in [0.4, 0.5) is 0 Å². The molecule has 0 heterocycles. The summed E-state index contributed by atoms with van der Waals surface area (Å²) in [6, 6.07) is 0. The second-order valence-electron chi connectivity index (χ2n) is 12.0. The summed E-state index contributed by atoms with van der Waals surface area (Å²) in [5, 5.41) is 9.27. The number of carboxylic acid groups (broad SMARTS) is 1. The van der Waals surface area contributed by atoms with Gasteiger partial charge in [0.05, 0.1) is 12.0 Å².